The molecule has 0 aliphatic rings. The predicted molar refractivity (Wildman–Crippen MR) is 81.0 cm³/mol. The van der Waals surface area contributed by atoms with Gasteiger partial charge in [0.2, 0.25) is 0 Å². The third kappa shape index (κ3) is 2.19. The Morgan fingerprint density at radius 3 is 2.84 bits per heavy atom. The van der Waals surface area contributed by atoms with Gasteiger partial charge in [0.1, 0.15) is 10.5 Å². The van der Waals surface area contributed by atoms with Crippen molar-refractivity contribution in [2.45, 2.75) is 13.0 Å². The van der Waals surface area contributed by atoms with Gasteiger partial charge in [-0.25, -0.2) is 0 Å². The minimum absolute atomic E-state index is 0.0318. The van der Waals surface area contributed by atoms with Crippen molar-refractivity contribution in [2.24, 2.45) is 0 Å². The Morgan fingerprint density at radius 2 is 2.16 bits per heavy atom. The Bertz CT molecular complexity index is 668. The maximum Gasteiger partial charge on any atom is 0.270 e. The van der Waals surface area contributed by atoms with Gasteiger partial charge in [0.05, 0.1) is 6.04 Å². The minimum Gasteiger partial charge on any atom is -0.342 e. The predicted octanol–water partition coefficient (Wildman–Crippen LogP) is 4.12. The first-order valence-electron chi connectivity index (χ1n) is 6.03. The summed E-state index contributed by atoms with van der Waals surface area (Å²) in [6, 6.07) is 8.11. The lowest BCUT2D eigenvalue weighted by Gasteiger charge is -2.23. The molecular weight excluding hydrogens is 276 g/mol. The van der Waals surface area contributed by atoms with E-state index in [0.717, 1.165) is 10.2 Å². The molecule has 1 N–H and O–H groups in total. The number of carbonyl (C=O) groups excluding carboxylic acids is 1. The van der Waals surface area contributed by atoms with Gasteiger partial charge in [-0.2, -0.15) is 0 Å². The zero-order chi connectivity index (χ0) is 13.4. The summed E-state index contributed by atoms with van der Waals surface area (Å²) in [5, 5.41) is 5.16. The maximum atomic E-state index is 12.5. The van der Waals surface area contributed by atoms with Crippen LogP contribution in [0.4, 0.5) is 0 Å². The number of aromatic nitrogens is 1. The Kier molecular flexibility index (Phi) is 3.16. The van der Waals surface area contributed by atoms with Gasteiger partial charge >= 0.3 is 0 Å². The molecule has 0 radical (unpaired) electrons. The van der Waals surface area contributed by atoms with Crippen LogP contribution >= 0.6 is 22.7 Å². The Hall–Kier alpha value is -1.59. The van der Waals surface area contributed by atoms with E-state index in [-0.39, 0.29) is 11.9 Å². The number of fused-ring (bicyclic) bond motifs is 1. The zero-order valence-electron chi connectivity index (χ0n) is 10.7. The summed E-state index contributed by atoms with van der Waals surface area (Å²) in [6.45, 7) is 2.05. The second-order valence-corrected chi connectivity index (χ2v) is 6.39. The van der Waals surface area contributed by atoms with Gasteiger partial charge in [-0.15, -0.1) is 22.7 Å². The Balaban J connectivity index is 1.85. The molecule has 1 amide bonds. The summed E-state index contributed by atoms with van der Waals surface area (Å²) in [4.78, 5) is 19.7. The topological polar surface area (TPSA) is 36.1 Å². The van der Waals surface area contributed by atoms with Crippen LogP contribution in [0.1, 0.15) is 28.3 Å². The number of hydrogen-bond donors (Lipinski definition) is 1. The quantitative estimate of drug-likeness (QED) is 0.773. The number of thiophene rings is 2. The SMILES string of the molecule is C[C@@H](c1cccs1)N(C)C(=O)c1cc2ccsc2[nH]1. The Labute approximate surface area is 119 Å². The first-order chi connectivity index (χ1) is 9.16. The minimum atomic E-state index is 0.0318. The van der Waals surface area contributed by atoms with Crippen molar-refractivity contribution in [1.29, 1.82) is 0 Å². The summed E-state index contributed by atoms with van der Waals surface area (Å²) >= 11 is 3.30. The van der Waals surface area contributed by atoms with Gasteiger partial charge in [-0.3, -0.25) is 4.79 Å². The highest BCUT2D eigenvalue weighted by Gasteiger charge is 2.21. The van der Waals surface area contributed by atoms with Crippen LogP contribution in [0.5, 0.6) is 0 Å². The highest BCUT2D eigenvalue weighted by atomic mass is 32.1. The summed E-state index contributed by atoms with van der Waals surface area (Å²) < 4.78 is 0. The van der Waals surface area contributed by atoms with Gasteiger partial charge in [-0.05, 0) is 35.9 Å². The molecule has 19 heavy (non-hydrogen) atoms. The lowest BCUT2D eigenvalue weighted by Crippen LogP contribution is -2.29. The number of H-pyrrole nitrogens is 1. The largest absolute Gasteiger partial charge is 0.342 e. The second kappa shape index (κ2) is 4.83. The van der Waals surface area contributed by atoms with Crippen LogP contribution in [-0.2, 0) is 0 Å². The highest BCUT2D eigenvalue weighted by molar-refractivity contribution is 7.16. The van der Waals surface area contributed by atoms with Crippen LogP contribution in [0, 0.1) is 0 Å². The van der Waals surface area contributed by atoms with E-state index in [1.54, 1.807) is 27.6 Å². The Morgan fingerprint density at radius 1 is 1.32 bits per heavy atom. The molecule has 0 aliphatic heterocycles. The highest BCUT2D eigenvalue weighted by Crippen LogP contribution is 2.26. The molecule has 0 spiro atoms. The first-order valence-corrected chi connectivity index (χ1v) is 7.79. The molecule has 3 aromatic rings. The molecule has 0 saturated carbocycles. The van der Waals surface area contributed by atoms with E-state index in [1.807, 2.05) is 36.0 Å². The maximum absolute atomic E-state index is 12.5. The molecule has 0 aromatic carbocycles. The number of rotatable bonds is 3. The summed E-state index contributed by atoms with van der Waals surface area (Å²) in [6.07, 6.45) is 0. The number of carbonyl (C=O) groups is 1. The second-order valence-electron chi connectivity index (χ2n) is 4.50. The monoisotopic (exact) mass is 290 g/mol. The fraction of sp³-hybridized carbons (Fsp3) is 0.214. The number of nitrogens with one attached hydrogen (secondary N) is 1. The zero-order valence-corrected chi connectivity index (χ0v) is 12.3. The summed E-state index contributed by atoms with van der Waals surface area (Å²) in [7, 11) is 1.85. The van der Waals surface area contributed by atoms with Crippen molar-refractivity contribution < 1.29 is 4.79 Å². The van der Waals surface area contributed by atoms with Crippen molar-refractivity contribution in [2.75, 3.05) is 7.05 Å². The van der Waals surface area contributed by atoms with E-state index in [1.165, 1.54) is 4.88 Å². The smallest absolute Gasteiger partial charge is 0.270 e. The lowest BCUT2D eigenvalue weighted by atomic mass is 10.2. The molecule has 0 aliphatic carbocycles. The summed E-state index contributed by atoms with van der Waals surface area (Å²) in [5.41, 5.74) is 0.660. The molecule has 3 nitrogen and oxygen atoms in total. The van der Waals surface area contributed by atoms with Gasteiger partial charge in [0.25, 0.3) is 5.91 Å². The van der Waals surface area contributed by atoms with Crippen molar-refractivity contribution >= 4 is 38.8 Å². The van der Waals surface area contributed by atoms with Crippen LogP contribution in [0.15, 0.2) is 35.0 Å². The van der Waals surface area contributed by atoms with Crippen LogP contribution in [0.2, 0.25) is 0 Å². The van der Waals surface area contributed by atoms with E-state index in [4.69, 9.17) is 0 Å². The third-order valence-corrected chi connectivity index (χ3v) is 5.22. The fourth-order valence-electron chi connectivity index (χ4n) is 2.05. The standard InChI is InChI=1S/C14H14N2OS2/c1-9(12-4-3-6-18-12)16(2)14(17)11-8-10-5-7-19-13(10)15-11/h3-9,15H,1-2H3/t9-/m0/s1. The molecule has 0 saturated heterocycles. The molecule has 3 rings (SSSR count). The number of amides is 1. The number of aromatic amines is 1. The van der Waals surface area contributed by atoms with Crippen LogP contribution in [-0.4, -0.2) is 22.8 Å². The van der Waals surface area contributed by atoms with E-state index < -0.39 is 0 Å². The van der Waals surface area contributed by atoms with Gasteiger partial charge in [0, 0.05) is 17.3 Å². The van der Waals surface area contributed by atoms with E-state index in [2.05, 4.69) is 18.0 Å². The lowest BCUT2D eigenvalue weighted by molar-refractivity contribution is 0.0740. The van der Waals surface area contributed by atoms with Crippen molar-refractivity contribution in [1.82, 2.24) is 9.88 Å². The van der Waals surface area contributed by atoms with Crippen LogP contribution in [0.25, 0.3) is 10.2 Å². The molecule has 3 heterocycles. The molecule has 0 fully saturated rings. The molecular formula is C14H14N2OS2. The average Bonchev–Trinajstić information content (AvgIpc) is 3.10. The van der Waals surface area contributed by atoms with Gasteiger partial charge < -0.3 is 9.88 Å². The van der Waals surface area contributed by atoms with Crippen molar-refractivity contribution in [3.63, 3.8) is 0 Å². The first kappa shape index (κ1) is 12.4. The van der Waals surface area contributed by atoms with Crippen LogP contribution < -0.4 is 0 Å². The molecule has 3 aromatic heterocycles. The average molecular weight is 290 g/mol. The molecule has 0 unspecified atom stereocenters. The third-order valence-electron chi connectivity index (χ3n) is 3.33. The van der Waals surface area contributed by atoms with E-state index in [9.17, 15) is 4.79 Å². The molecule has 0 bridgehead atoms. The normalized spacial score (nSPS) is 12.7. The summed E-state index contributed by atoms with van der Waals surface area (Å²) in [5.74, 6) is 0.0318. The van der Waals surface area contributed by atoms with Crippen molar-refractivity contribution in [3.05, 3.63) is 45.6 Å². The van der Waals surface area contributed by atoms with Crippen molar-refractivity contribution in [3.8, 4) is 0 Å². The number of nitrogens with zero attached hydrogens (tertiary/aromatic N) is 1. The van der Waals surface area contributed by atoms with Crippen LogP contribution in [0.3, 0.4) is 0 Å². The molecule has 1 atom stereocenters. The number of hydrogen-bond acceptors (Lipinski definition) is 3. The van der Waals surface area contributed by atoms with Gasteiger partial charge in [0.15, 0.2) is 0 Å². The van der Waals surface area contributed by atoms with E-state index >= 15 is 0 Å². The molecule has 5 heteroatoms. The van der Waals surface area contributed by atoms with E-state index in [0.29, 0.717) is 5.69 Å². The van der Waals surface area contributed by atoms with Gasteiger partial charge in [-0.1, -0.05) is 6.07 Å². The molecule has 98 valence electrons. The fourth-order valence-corrected chi connectivity index (χ4v) is 3.66.